The molecular formula is C31H35Cl2N3O2. The van der Waals surface area contributed by atoms with E-state index in [-0.39, 0.29) is 0 Å². The van der Waals surface area contributed by atoms with Gasteiger partial charge >= 0.3 is 0 Å². The van der Waals surface area contributed by atoms with Gasteiger partial charge in [-0.15, -0.1) is 0 Å². The number of hydrogen-bond acceptors (Lipinski definition) is 3. The van der Waals surface area contributed by atoms with Crippen LogP contribution in [0.25, 0.3) is 0 Å². The molecule has 0 saturated carbocycles. The van der Waals surface area contributed by atoms with Gasteiger partial charge in [0, 0.05) is 70.8 Å². The van der Waals surface area contributed by atoms with Gasteiger partial charge in [-0.25, -0.2) is 0 Å². The zero-order valence-electron chi connectivity index (χ0n) is 53.4. The summed E-state index contributed by atoms with van der Waals surface area (Å²) in [7, 11) is 0. The molecule has 1 aliphatic rings. The second-order valence-electron chi connectivity index (χ2n) is 6.68. The minimum atomic E-state index is -5.46. The van der Waals surface area contributed by atoms with Crippen molar-refractivity contribution in [2.75, 3.05) is 33.0 Å². The van der Waals surface area contributed by atoms with E-state index in [2.05, 4.69) is 0 Å². The van der Waals surface area contributed by atoms with Crippen LogP contribution in [0, 0.1) is 0 Å². The lowest BCUT2D eigenvalue weighted by Crippen LogP contribution is -2.52. The first kappa shape index (κ1) is 7.66. The maximum atomic E-state index is 14.5. The first-order chi connectivity index (χ1) is 32.2. The van der Waals surface area contributed by atoms with Crippen LogP contribution in [0.5, 0.6) is 0 Å². The molecule has 0 aliphatic carbocycles. The Morgan fingerprint density at radius 2 is 1.82 bits per heavy atom. The van der Waals surface area contributed by atoms with Crippen LogP contribution >= 0.6 is 23.2 Å². The minimum Gasteiger partial charge on any atom is -0.347 e. The van der Waals surface area contributed by atoms with Crippen LogP contribution in [-0.2, 0) is 10.3 Å². The predicted octanol–water partition coefficient (Wildman–Crippen LogP) is 6.37. The van der Waals surface area contributed by atoms with Crippen molar-refractivity contribution >= 4 is 35.0 Å². The molecule has 0 aromatic heterocycles. The molecule has 1 fully saturated rings. The van der Waals surface area contributed by atoms with E-state index < -0.39 is 203 Å². The minimum absolute atomic E-state index is 1.13. The van der Waals surface area contributed by atoms with Crippen molar-refractivity contribution in [1.29, 1.82) is 0 Å². The fourth-order valence-corrected chi connectivity index (χ4v) is 2.83. The molecule has 1 aliphatic heterocycles. The van der Waals surface area contributed by atoms with E-state index in [4.69, 9.17) is 50.7 Å². The smallest absolute Gasteiger partial charge is 0.253 e. The normalized spacial score (nSPS) is 37.3. The summed E-state index contributed by atoms with van der Waals surface area (Å²) in [5.74, 6) is -10.6. The third kappa shape index (κ3) is 6.96. The molecule has 1 N–H and O–H groups in total. The van der Waals surface area contributed by atoms with Crippen LogP contribution in [0.1, 0.15) is 100.0 Å². The molecule has 4 rings (SSSR count). The molecule has 3 aromatic rings. The molecule has 0 unspecified atom stereocenters. The number of likely N-dealkylation sites (tertiary alicyclic amines) is 1. The monoisotopic (exact) mass is 586 g/mol. The molecule has 7 heteroatoms. The van der Waals surface area contributed by atoms with E-state index in [1.807, 2.05) is 0 Å². The second kappa shape index (κ2) is 12.8. The number of likely N-dealkylation sites (N-methyl/N-ethyl adjacent to an activating group) is 1. The molecule has 38 heavy (non-hydrogen) atoms. The summed E-state index contributed by atoms with van der Waals surface area (Å²) in [4.78, 5) is 25.4. The summed E-state index contributed by atoms with van der Waals surface area (Å²) in [6, 6.07) is -20.7. The summed E-state index contributed by atoms with van der Waals surface area (Å²) in [5.41, 5.74) is -10.9. The molecule has 1 saturated heterocycles. The molecular weight excluding hydrogens is 517 g/mol. The Labute approximate surface area is 285 Å². The number of hydrogen-bond donors (Lipinski definition) is 1. The van der Waals surface area contributed by atoms with Gasteiger partial charge in [-0.1, -0.05) is 77.6 Å². The summed E-state index contributed by atoms with van der Waals surface area (Å²) in [5, 5.41) is -3.80. The van der Waals surface area contributed by atoms with Gasteiger partial charge in [-0.05, 0) is 60.9 Å². The lowest BCUT2D eigenvalue weighted by Gasteiger charge is -2.43. The Kier molecular flexibility index (Phi) is 2.58. The first-order valence-electron chi connectivity index (χ1n) is 27.3. The van der Waals surface area contributed by atoms with Crippen LogP contribution in [-0.4, -0.2) is 54.6 Å². The molecule has 200 valence electrons. The SMILES string of the molecule is [2H]c1c([2H])c([2H])c(C(=O)N(C([2H])([2H])[2H])C([2H])([2H])[C@]([2H])(c2c([2H])c([2H])c(Cl)c(Cl)c2[2H])C([2H])([2H])C([2H])([2H])N2C([2H])([2H])C([2H])([2H])C(c3c([2H])c([2H])c([2H])c([2H])c3[2H])(N([2H])C(=O)C([2H])([2H])[2H])C([2H])([2H])C2([2H])[2H])c([2H])c1[2H]. The Bertz CT molecular complexity index is 2710. The topological polar surface area (TPSA) is 52.7 Å². The number of amides is 2. The number of nitrogens with zero attached hydrogens (tertiary/aromatic N) is 2. The zero-order chi connectivity index (χ0) is 57.8. The highest BCUT2D eigenvalue weighted by Gasteiger charge is 2.37. The number of rotatable bonds is 9. The van der Waals surface area contributed by atoms with Gasteiger partial charge in [0.05, 0.1) is 36.1 Å². The van der Waals surface area contributed by atoms with Crippen LogP contribution < -0.4 is 5.31 Å². The maximum Gasteiger partial charge on any atom is 0.253 e. The number of nitrogens with one attached hydrogen (secondary N) is 1. The Morgan fingerprint density at radius 1 is 1.13 bits per heavy atom. The van der Waals surface area contributed by atoms with Gasteiger partial charge in [0.1, 0.15) is 0 Å². The Morgan fingerprint density at radius 3 is 2.47 bits per heavy atom. The van der Waals surface area contributed by atoms with E-state index in [0.717, 1.165) is 0 Å². The lowest BCUT2D eigenvalue weighted by molar-refractivity contribution is -0.121. The molecule has 5 nitrogen and oxygen atoms in total. The van der Waals surface area contributed by atoms with Crippen molar-refractivity contribution in [3.63, 3.8) is 0 Å². The fraction of sp³-hybridized carbons (Fsp3) is 0.355. The average Bonchev–Trinajstić information content (AvgIpc) is 3.23. The first-order valence-corrected chi connectivity index (χ1v) is 10.6. The summed E-state index contributed by atoms with van der Waals surface area (Å²) in [6.07, 6.45) is -15.8. The number of piperidine rings is 1. The van der Waals surface area contributed by atoms with Crippen LogP contribution in [0.2, 0.25) is 11.5 Å². The number of halogens is 2. The molecule has 0 spiro atoms. The van der Waals surface area contributed by atoms with Crippen LogP contribution in [0.3, 0.4) is 0 Å². The van der Waals surface area contributed by atoms with Crippen molar-refractivity contribution in [2.45, 2.75) is 37.4 Å². The van der Waals surface area contributed by atoms with E-state index in [9.17, 15) is 30.2 Å². The molecule has 0 bridgehead atoms. The third-order valence-electron chi connectivity index (χ3n) is 4.24. The van der Waals surface area contributed by atoms with Crippen LogP contribution in [0.4, 0.5) is 0 Å². The van der Waals surface area contributed by atoms with E-state index in [1.165, 1.54) is 0 Å². The van der Waals surface area contributed by atoms with Gasteiger partial charge in [0.25, 0.3) is 5.91 Å². The van der Waals surface area contributed by atoms with Gasteiger partial charge in [0.15, 0.2) is 1.41 Å². The molecule has 0 radical (unpaired) electrons. The summed E-state index contributed by atoms with van der Waals surface area (Å²) in [6.45, 7) is -30.0. The maximum absolute atomic E-state index is 14.5. The highest BCUT2D eigenvalue weighted by atomic mass is 35.5. The van der Waals surface area contributed by atoms with E-state index in [0.29, 0.717) is 0 Å². The van der Waals surface area contributed by atoms with Crippen LogP contribution in [0.15, 0.2) is 78.6 Å². The van der Waals surface area contributed by atoms with Gasteiger partial charge in [0.2, 0.25) is 5.91 Å². The largest absolute Gasteiger partial charge is 0.347 e. The summed E-state index contributed by atoms with van der Waals surface area (Å²) >= 11 is 12.1. The molecule has 1 heterocycles. The van der Waals surface area contributed by atoms with E-state index in [1.54, 1.807) is 0 Å². The van der Waals surface area contributed by atoms with Crippen molar-refractivity contribution < 1.29 is 57.6 Å². The number of carbonyl (C=O) groups excluding carboxylic acids is 2. The highest BCUT2D eigenvalue weighted by molar-refractivity contribution is 6.42. The van der Waals surface area contributed by atoms with E-state index >= 15 is 0 Å². The second-order valence-corrected chi connectivity index (χ2v) is 7.43. The number of carbonyl (C=O) groups is 2. The van der Waals surface area contributed by atoms with Gasteiger partial charge in [-0.2, -0.15) is 0 Å². The van der Waals surface area contributed by atoms with Crippen molar-refractivity contribution in [3.8, 4) is 0 Å². The average molecular weight is 588 g/mol. The highest BCUT2D eigenvalue weighted by Crippen LogP contribution is 2.34. The Balaban J connectivity index is 2.37. The van der Waals surface area contributed by atoms with Gasteiger partial charge < -0.3 is 15.1 Å². The third-order valence-corrected chi connectivity index (χ3v) is 4.90. The van der Waals surface area contributed by atoms with Crippen molar-refractivity contribution in [1.82, 2.24) is 15.1 Å². The number of benzene rings is 3. The molecule has 1 atom stereocenters. The predicted molar refractivity (Wildman–Crippen MR) is 155 cm³/mol. The van der Waals surface area contributed by atoms with Crippen molar-refractivity contribution in [2.24, 2.45) is 0 Å². The quantitative estimate of drug-likeness (QED) is 0.317. The standard InChI is InChI=1S/C31H35Cl2N3O2/c1-23(37)34-31(27-11-7-4-8-12-27)16-19-36(20-17-31)18-15-26(25-13-14-28(32)29(33)21-25)22-35(2)30(38)24-9-5-3-6-10-24/h3-14,21,26H,15-20,22H2,1-2H3,(H,34,37)/t26-/m1/s1/i1D3,2D3,3D,4D,5D,6D,7D,8D,9D,10D,11D,12D,13D,14D,15D2,16D2,17D2,18D2,19D2,20D2,21D,22D2,26D/hD. The summed E-state index contributed by atoms with van der Waals surface area (Å²) < 4.78 is 305. The zero-order valence-corrected chi connectivity index (χ0v) is 19.9. The fourth-order valence-electron chi connectivity index (χ4n) is 2.59. The Hall–Kier alpha value is -2.86. The van der Waals surface area contributed by atoms with Gasteiger partial charge in [-0.3, -0.25) is 9.59 Å². The lowest BCUT2D eigenvalue weighted by atomic mass is 9.80. The van der Waals surface area contributed by atoms with Crippen molar-refractivity contribution in [3.05, 3.63) is 105 Å². The molecule has 3 aromatic carbocycles. The molecule has 2 amide bonds.